The summed E-state index contributed by atoms with van der Waals surface area (Å²) in [6.07, 6.45) is 9.41. The van der Waals surface area contributed by atoms with E-state index in [1.807, 2.05) is 12.1 Å². The highest BCUT2D eigenvalue weighted by Crippen LogP contribution is 2.37. The summed E-state index contributed by atoms with van der Waals surface area (Å²) in [5.41, 5.74) is 2.51. The molecule has 6 nitrogen and oxygen atoms in total. The maximum absolute atomic E-state index is 13.4. The minimum absolute atomic E-state index is 0.0455. The Kier molecular flexibility index (Phi) is 8.07. The van der Waals surface area contributed by atoms with E-state index < -0.39 is 29.5 Å². The highest BCUT2D eigenvalue weighted by molar-refractivity contribution is 5.91. The molecule has 9 heteroatoms. The van der Waals surface area contributed by atoms with Gasteiger partial charge < -0.3 is 20.3 Å². The molecule has 2 aromatic carbocycles. The smallest absolute Gasteiger partial charge is 0.320 e. The first kappa shape index (κ1) is 27.0. The molecule has 1 unspecified atom stereocenters. The maximum atomic E-state index is 13.4. The molecule has 1 saturated heterocycles. The number of hydrogen-bond donors (Lipinski definition) is 3. The van der Waals surface area contributed by atoms with Crippen LogP contribution < -0.4 is 5.32 Å². The van der Waals surface area contributed by atoms with Crippen LogP contribution >= 0.6 is 0 Å². The number of amides is 1. The Morgan fingerprint density at radius 1 is 1.00 bits per heavy atom. The van der Waals surface area contributed by atoms with Crippen LogP contribution in [0.2, 0.25) is 0 Å². The zero-order valence-corrected chi connectivity index (χ0v) is 21.5. The number of nitrogens with zero attached hydrogens (tertiary/aromatic N) is 1. The molecule has 3 N–H and O–H groups in total. The average Bonchev–Trinajstić information content (AvgIpc) is 3.38. The molecule has 1 aromatic heterocycles. The Bertz CT molecular complexity index is 1350. The molecule has 1 amide bonds. The normalized spacial score (nSPS) is 21.5. The van der Waals surface area contributed by atoms with Crippen molar-refractivity contribution in [3.8, 4) is 0 Å². The second-order valence-corrected chi connectivity index (χ2v) is 10.6. The molecule has 39 heavy (non-hydrogen) atoms. The predicted octanol–water partition coefficient (Wildman–Crippen LogP) is 5.61. The fourth-order valence-corrected chi connectivity index (χ4v) is 6.06. The number of hydrogen-bond acceptors (Lipinski definition) is 3. The number of carbonyl (C=O) groups is 2. The molecule has 2 aliphatic rings. The molecule has 5 rings (SSSR count). The van der Waals surface area contributed by atoms with Gasteiger partial charge in [-0.3, -0.25) is 9.59 Å². The van der Waals surface area contributed by atoms with Gasteiger partial charge in [0.2, 0.25) is 5.91 Å². The number of carboxylic acid groups (broad SMARTS) is 1. The maximum Gasteiger partial charge on any atom is 0.320 e. The van der Waals surface area contributed by atoms with Crippen molar-refractivity contribution in [2.75, 3.05) is 13.1 Å². The highest BCUT2D eigenvalue weighted by atomic mass is 19.2. The number of para-hydroxylation sites is 1. The standard InChI is InChI=1S/C30H32F3N3O3/c31-24-15-18(16-25(32)28(24)33)5-10-27(37)36-13-11-20(12-14-36)29(30(38)39)35-21-8-6-19(7-9-21)23-17-34-26-4-2-1-3-22(23)26/h1-5,10,15-17,19-21,29,34-35H,6-9,11-14H2,(H,38,39). The van der Waals surface area contributed by atoms with E-state index in [9.17, 15) is 27.9 Å². The third kappa shape index (κ3) is 6.03. The number of aromatic amines is 1. The van der Waals surface area contributed by atoms with Crippen LogP contribution in [0.4, 0.5) is 13.2 Å². The number of likely N-dealkylation sites (tertiary alicyclic amines) is 1. The number of benzene rings is 2. The van der Waals surface area contributed by atoms with Gasteiger partial charge in [-0.15, -0.1) is 0 Å². The summed E-state index contributed by atoms with van der Waals surface area (Å²) in [6.45, 7) is 0.775. The predicted molar refractivity (Wildman–Crippen MR) is 143 cm³/mol. The molecule has 1 aliphatic heterocycles. The summed E-state index contributed by atoms with van der Waals surface area (Å²) >= 11 is 0. The van der Waals surface area contributed by atoms with Gasteiger partial charge in [0.1, 0.15) is 6.04 Å². The third-order valence-corrected chi connectivity index (χ3v) is 8.22. The SMILES string of the molecule is O=C(O)C(NC1CCC(c2c[nH]c3ccccc23)CC1)C1CCN(C(=O)C=Cc2cc(F)c(F)c(F)c2)CC1. The van der Waals surface area contributed by atoms with E-state index in [0.717, 1.165) is 43.3 Å². The van der Waals surface area contributed by atoms with Crippen molar-refractivity contribution in [1.82, 2.24) is 15.2 Å². The van der Waals surface area contributed by atoms with Crippen molar-refractivity contribution in [3.05, 3.63) is 77.2 Å². The summed E-state index contributed by atoms with van der Waals surface area (Å²) in [5, 5.41) is 14.6. The summed E-state index contributed by atoms with van der Waals surface area (Å²) in [5.74, 6) is -5.06. The fourth-order valence-electron chi connectivity index (χ4n) is 6.06. The number of piperidine rings is 1. The average molecular weight is 540 g/mol. The van der Waals surface area contributed by atoms with Crippen molar-refractivity contribution >= 4 is 28.9 Å². The van der Waals surface area contributed by atoms with Crippen molar-refractivity contribution < 1.29 is 27.9 Å². The van der Waals surface area contributed by atoms with Crippen LogP contribution in [-0.4, -0.2) is 52.0 Å². The van der Waals surface area contributed by atoms with Crippen molar-refractivity contribution in [2.45, 2.75) is 56.5 Å². The molecule has 1 aliphatic carbocycles. The number of carboxylic acids is 1. The van der Waals surface area contributed by atoms with Crippen LogP contribution in [0.5, 0.6) is 0 Å². The molecule has 1 atom stereocenters. The van der Waals surface area contributed by atoms with Gasteiger partial charge in [-0.25, -0.2) is 13.2 Å². The number of H-pyrrole nitrogens is 1. The monoisotopic (exact) mass is 539 g/mol. The Balaban J connectivity index is 1.13. The van der Waals surface area contributed by atoms with Gasteiger partial charge >= 0.3 is 5.97 Å². The van der Waals surface area contributed by atoms with Crippen LogP contribution in [0.3, 0.4) is 0 Å². The van der Waals surface area contributed by atoms with E-state index in [2.05, 4.69) is 28.6 Å². The lowest BCUT2D eigenvalue weighted by Gasteiger charge is -2.37. The quantitative estimate of drug-likeness (QED) is 0.269. The third-order valence-electron chi connectivity index (χ3n) is 8.22. The number of aliphatic carboxylic acids is 1. The van der Waals surface area contributed by atoms with Crippen LogP contribution in [0.1, 0.15) is 55.6 Å². The van der Waals surface area contributed by atoms with E-state index >= 15 is 0 Å². The number of halogens is 3. The Hall–Kier alpha value is -3.59. The van der Waals surface area contributed by atoms with E-state index in [4.69, 9.17) is 0 Å². The van der Waals surface area contributed by atoms with Crippen molar-refractivity contribution in [1.29, 1.82) is 0 Å². The van der Waals surface area contributed by atoms with Gasteiger partial charge in [0, 0.05) is 42.3 Å². The molecule has 206 valence electrons. The second-order valence-electron chi connectivity index (χ2n) is 10.6. The highest BCUT2D eigenvalue weighted by Gasteiger charge is 2.35. The molecular formula is C30H32F3N3O3. The molecule has 0 radical (unpaired) electrons. The van der Waals surface area contributed by atoms with Crippen LogP contribution in [0, 0.1) is 23.4 Å². The van der Waals surface area contributed by atoms with Gasteiger partial charge in [-0.1, -0.05) is 18.2 Å². The molecule has 1 saturated carbocycles. The molecule has 0 spiro atoms. The zero-order chi connectivity index (χ0) is 27.5. The van der Waals surface area contributed by atoms with Gasteiger partial charge in [0.05, 0.1) is 0 Å². The first-order valence-electron chi connectivity index (χ1n) is 13.5. The summed E-state index contributed by atoms with van der Waals surface area (Å²) < 4.78 is 40.0. The van der Waals surface area contributed by atoms with E-state index in [1.165, 1.54) is 23.1 Å². The van der Waals surface area contributed by atoms with E-state index in [1.54, 1.807) is 4.90 Å². The fraction of sp³-hybridized carbons (Fsp3) is 0.400. The lowest BCUT2D eigenvalue weighted by atomic mass is 9.80. The number of rotatable bonds is 7. The summed E-state index contributed by atoms with van der Waals surface area (Å²) in [7, 11) is 0. The van der Waals surface area contributed by atoms with E-state index in [0.29, 0.717) is 31.8 Å². The first-order chi connectivity index (χ1) is 18.8. The van der Waals surface area contributed by atoms with Crippen molar-refractivity contribution in [2.24, 2.45) is 5.92 Å². The van der Waals surface area contributed by atoms with Crippen LogP contribution in [0.25, 0.3) is 17.0 Å². The minimum Gasteiger partial charge on any atom is -0.480 e. The summed E-state index contributed by atoms with van der Waals surface area (Å²) in [6, 6.07) is 9.38. The second kappa shape index (κ2) is 11.7. The largest absolute Gasteiger partial charge is 0.480 e. The number of nitrogens with one attached hydrogen (secondary N) is 2. The van der Waals surface area contributed by atoms with Crippen LogP contribution in [-0.2, 0) is 9.59 Å². The van der Waals surface area contributed by atoms with Gasteiger partial charge in [-0.2, -0.15) is 0 Å². The Labute approximate surface area is 224 Å². The van der Waals surface area contributed by atoms with Crippen molar-refractivity contribution in [3.63, 3.8) is 0 Å². The molecule has 2 heterocycles. The number of fused-ring (bicyclic) bond motifs is 1. The molecule has 2 fully saturated rings. The topological polar surface area (TPSA) is 85.4 Å². The lowest BCUT2D eigenvalue weighted by molar-refractivity contribution is -0.142. The zero-order valence-electron chi connectivity index (χ0n) is 21.5. The van der Waals surface area contributed by atoms with Gasteiger partial charge in [-0.05, 0) is 85.8 Å². The molecule has 3 aromatic rings. The minimum atomic E-state index is -1.55. The van der Waals surface area contributed by atoms with Crippen LogP contribution in [0.15, 0.2) is 48.7 Å². The van der Waals surface area contributed by atoms with Gasteiger partial charge in [0.25, 0.3) is 0 Å². The molecular weight excluding hydrogens is 507 g/mol. The lowest BCUT2D eigenvalue weighted by Crippen LogP contribution is -2.52. The summed E-state index contributed by atoms with van der Waals surface area (Å²) in [4.78, 5) is 29.7. The Morgan fingerprint density at radius 3 is 2.33 bits per heavy atom. The molecule has 0 bridgehead atoms. The van der Waals surface area contributed by atoms with Gasteiger partial charge in [0.15, 0.2) is 17.5 Å². The first-order valence-corrected chi connectivity index (χ1v) is 13.5. The Morgan fingerprint density at radius 2 is 1.67 bits per heavy atom. The van der Waals surface area contributed by atoms with E-state index in [-0.39, 0.29) is 23.4 Å². The number of aromatic nitrogens is 1. The number of carbonyl (C=O) groups excluding carboxylic acids is 1.